The molecular weight excluding hydrogens is 234 g/mol. The lowest BCUT2D eigenvalue weighted by atomic mass is 10.1. The van der Waals surface area contributed by atoms with Gasteiger partial charge in [0.05, 0.1) is 0 Å². The molecule has 96 valence electrons. The van der Waals surface area contributed by atoms with Crippen LogP contribution in [0, 0.1) is 0 Å². The third-order valence-corrected chi connectivity index (χ3v) is 2.28. The van der Waals surface area contributed by atoms with E-state index in [1.54, 1.807) is 30.4 Å². The molecule has 0 aliphatic heterocycles. The van der Waals surface area contributed by atoms with Crippen LogP contribution < -0.4 is 5.73 Å². The summed E-state index contributed by atoms with van der Waals surface area (Å²) in [6.07, 6.45) is 13.0. The molecule has 0 atom stereocenters. The number of carbonyl (C=O) groups is 1. The van der Waals surface area contributed by atoms with E-state index in [-0.39, 0.29) is 5.78 Å². The third-order valence-electron chi connectivity index (χ3n) is 2.28. The highest BCUT2D eigenvalue weighted by molar-refractivity contribution is 6.02. The smallest absolute Gasteiger partial charge is 0.178 e. The molecule has 2 N–H and O–H groups in total. The van der Waals surface area contributed by atoms with Crippen LogP contribution in [0.1, 0.15) is 5.56 Å². The molecule has 1 aromatic carbocycles. The van der Waals surface area contributed by atoms with Crippen LogP contribution in [0.15, 0.2) is 85.1 Å². The van der Waals surface area contributed by atoms with Gasteiger partial charge in [-0.15, -0.1) is 0 Å². The van der Waals surface area contributed by atoms with Gasteiger partial charge in [-0.1, -0.05) is 61.2 Å². The van der Waals surface area contributed by atoms with Crippen LogP contribution in [-0.4, -0.2) is 5.78 Å². The second-order valence-corrected chi connectivity index (χ2v) is 3.74. The second kappa shape index (κ2) is 8.48. The molecule has 0 saturated heterocycles. The van der Waals surface area contributed by atoms with Gasteiger partial charge in [0, 0.05) is 0 Å². The highest BCUT2D eigenvalue weighted by Crippen LogP contribution is 2.02. The summed E-state index contributed by atoms with van der Waals surface area (Å²) in [5.74, 6) is -0.0794. The average Bonchev–Trinajstić information content (AvgIpc) is 2.44. The van der Waals surface area contributed by atoms with Crippen LogP contribution in [0.5, 0.6) is 0 Å². The molecular formula is C17H17NO. The van der Waals surface area contributed by atoms with Crippen molar-refractivity contribution in [3.8, 4) is 0 Å². The molecule has 0 bridgehead atoms. The van der Waals surface area contributed by atoms with E-state index in [0.29, 0.717) is 0 Å². The normalized spacial score (nSPS) is 12.5. The standard InChI is InChI=1S/C17H17NO/c1-2-6-15(13-14-18)9-11-17(19)12-10-16-7-4-3-5-8-16/h2-14H,1,18H2/b11-9+,12-10+,14-13-,15-6-. The number of rotatable bonds is 6. The minimum atomic E-state index is -0.0794. The first-order chi connectivity index (χ1) is 9.26. The van der Waals surface area contributed by atoms with Crippen LogP contribution in [0.2, 0.25) is 0 Å². The molecule has 2 nitrogen and oxygen atoms in total. The Morgan fingerprint density at radius 1 is 1.05 bits per heavy atom. The average molecular weight is 251 g/mol. The highest BCUT2D eigenvalue weighted by Gasteiger charge is 1.90. The van der Waals surface area contributed by atoms with Crippen LogP contribution in [0.25, 0.3) is 6.08 Å². The van der Waals surface area contributed by atoms with Crippen molar-refractivity contribution < 1.29 is 4.79 Å². The van der Waals surface area contributed by atoms with Crippen LogP contribution in [-0.2, 0) is 4.79 Å². The molecule has 0 amide bonds. The zero-order valence-corrected chi connectivity index (χ0v) is 10.7. The van der Waals surface area contributed by atoms with Crippen molar-refractivity contribution in [1.82, 2.24) is 0 Å². The van der Waals surface area contributed by atoms with Gasteiger partial charge < -0.3 is 5.73 Å². The van der Waals surface area contributed by atoms with Crippen molar-refractivity contribution in [2.75, 3.05) is 0 Å². The molecule has 2 heteroatoms. The fraction of sp³-hybridized carbons (Fsp3) is 0. The Balaban J connectivity index is 2.67. The molecule has 0 aliphatic rings. The predicted octanol–water partition coefficient (Wildman–Crippen LogP) is 3.41. The SMILES string of the molecule is C=C/C=C(\C=C/N)/C=C/C(=O)/C=C/c1ccccc1. The Labute approximate surface area is 113 Å². The Morgan fingerprint density at radius 3 is 2.42 bits per heavy atom. The summed E-state index contributed by atoms with van der Waals surface area (Å²) in [6.45, 7) is 3.60. The predicted molar refractivity (Wildman–Crippen MR) is 81.2 cm³/mol. The summed E-state index contributed by atoms with van der Waals surface area (Å²) in [7, 11) is 0. The van der Waals surface area contributed by atoms with Gasteiger partial charge in [0.25, 0.3) is 0 Å². The largest absolute Gasteiger partial charge is 0.405 e. The number of hydrogen-bond acceptors (Lipinski definition) is 2. The zero-order valence-electron chi connectivity index (χ0n) is 10.7. The monoisotopic (exact) mass is 251 g/mol. The van der Waals surface area contributed by atoms with E-state index in [4.69, 9.17) is 5.73 Å². The summed E-state index contributed by atoms with van der Waals surface area (Å²) in [4.78, 5) is 11.6. The van der Waals surface area contributed by atoms with E-state index in [1.807, 2.05) is 30.3 Å². The van der Waals surface area contributed by atoms with Crippen molar-refractivity contribution in [3.05, 3.63) is 90.7 Å². The van der Waals surface area contributed by atoms with Gasteiger partial charge in [0.1, 0.15) is 0 Å². The number of benzene rings is 1. The second-order valence-electron chi connectivity index (χ2n) is 3.74. The van der Waals surface area contributed by atoms with Gasteiger partial charge in [0.15, 0.2) is 5.78 Å². The van der Waals surface area contributed by atoms with E-state index < -0.39 is 0 Å². The first kappa shape index (κ1) is 14.5. The lowest BCUT2D eigenvalue weighted by Crippen LogP contribution is -1.86. The number of carbonyl (C=O) groups excluding carboxylic acids is 1. The first-order valence-corrected chi connectivity index (χ1v) is 5.92. The molecule has 1 rings (SSSR count). The lowest BCUT2D eigenvalue weighted by Gasteiger charge is -1.91. The maximum Gasteiger partial charge on any atom is 0.178 e. The van der Waals surface area contributed by atoms with E-state index >= 15 is 0 Å². The van der Waals surface area contributed by atoms with Gasteiger partial charge >= 0.3 is 0 Å². The maximum atomic E-state index is 11.6. The molecule has 0 spiro atoms. The first-order valence-electron chi connectivity index (χ1n) is 5.92. The minimum absolute atomic E-state index is 0.0794. The molecule has 19 heavy (non-hydrogen) atoms. The maximum absolute atomic E-state index is 11.6. The zero-order chi connectivity index (χ0) is 13.9. The summed E-state index contributed by atoms with van der Waals surface area (Å²) < 4.78 is 0. The van der Waals surface area contributed by atoms with Crippen molar-refractivity contribution in [1.29, 1.82) is 0 Å². The Hall–Kier alpha value is -2.61. The number of ketones is 1. The molecule has 0 unspecified atom stereocenters. The van der Waals surface area contributed by atoms with Gasteiger partial charge in [-0.2, -0.15) is 0 Å². The van der Waals surface area contributed by atoms with Crippen molar-refractivity contribution in [2.24, 2.45) is 5.73 Å². The van der Waals surface area contributed by atoms with Crippen LogP contribution in [0.4, 0.5) is 0 Å². The Kier molecular flexibility index (Phi) is 6.45. The van der Waals surface area contributed by atoms with Crippen LogP contribution in [0.3, 0.4) is 0 Å². The van der Waals surface area contributed by atoms with Crippen LogP contribution >= 0.6 is 0 Å². The molecule has 0 fully saturated rings. The molecule has 0 radical (unpaired) electrons. The van der Waals surface area contributed by atoms with Crippen molar-refractivity contribution in [3.63, 3.8) is 0 Å². The van der Waals surface area contributed by atoms with Gasteiger partial charge in [0.2, 0.25) is 0 Å². The fourth-order valence-corrected chi connectivity index (χ4v) is 1.39. The third kappa shape index (κ3) is 6.03. The minimum Gasteiger partial charge on any atom is -0.405 e. The van der Waals surface area contributed by atoms with E-state index in [1.165, 1.54) is 18.4 Å². The summed E-state index contributed by atoms with van der Waals surface area (Å²) in [5, 5.41) is 0. The van der Waals surface area contributed by atoms with E-state index in [2.05, 4.69) is 6.58 Å². The summed E-state index contributed by atoms with van der Waals surface area (Å²) >= 11 is 0. The molecule has 0 aliphatic carbocycles. The molecule has 0 heterocycles. The number of allylic oxidation sites excluding steroid dienone is 7. The van der Waals surface area contributed by atoms with E-state index in [9.17, 15) is 4.79 Å². The number of nitrogens with two attached hydrogens (primary N) is 1. The van der Waals surface area contributed by atoms with Crippen molar-refractivity contribution in [2.45, 2.75) is 0 Å². The van der Waals surface area contributed by atoms with Gasteiger partial charge in [-0.25, -0.2) is 0 Å². The quantitative estimate of drug-likeness (QED) is 0.622. The van der Waals surface area contributed by atoms with Gasteiger partial charge in [-0.05, 0) is 35.6 Å². The molecule has 1 aromatic rings. The summed E-state index contributed by atoms with van der Waals surface area (Å²) in [6, 6.07) is 9.67. The van der Waals surface area contributed by atoms with Crippen molar-refractivity contribution >= 4 is 11.9 Å². The molecule has 0 saturated carbocycles. The topological polar surface area (TPSA) is 43.1 Å². The van der Waals surface area contributed by atoms with Gasteiger partial charge in [-0.3, -0.25) is 4.79 Å². The lowest BCUT2D eigenvalue weighted by molar-refractivity contribution is -0.110. The summed E-state index contributed by atoms with van der Waals surface area (Å²) in [5.41, 5.74) is 7.12. The van der Waals surface area contributed by atoms with E-state index in [0.717, 1.165) is 11.1 Å². The molecule has 0 aromatic heterocycles. The Bertz CT molecular complexity index is 534. The Morgan fingerprint density at radius 2 is 1.79 bits per heavy atom. The highest BCUT2D eigenvalue weighted by atomic mass is 16.1. The number of hydrogen-bond donors (Lipinski definition) is 1. The fourth-order valence-electron chi connectivity index (χ4n) is 1.39.